The van der Waals surface area contributed by atoms with Crippen LogP contribution < -0.4 is 10.6 Å². The van der Waals surface area contributed by atoms with Gasteiger partial charge in [-0.1, -0.05) is 30.3 Å². The molecule has 1 aliphatic heterocycles. The van der Waals surface area contributed by atoms with E-state index in [1.807, 2.05) is 31.2 Å². The lowest BCUT2D eigenvalue weighted by Crippen LogP contribution is -2.30. The molecule has 1 aromatic heterocycles. The average molecular weight is 325 g/mol. The Balaban J connectivity index is 1.60. The maximum atomic E-state index is 11.8. The minimum atomic E-state index is -0.0910. The number of pyridine rings is 1. The fourth-order valence-electron chi connectivity index (χ4n) is 2.91. The van der Waals surface area contributed by atoms with E-state index in [0.29, 0.717) is 18.2 Å². The molecule has 1 aliphatic rings. The van der Waals surface area contributed by atoms with Gasteiger partial charge in [0.2, 0.25) is 0 Å². The lowest BCUT2D eigenvalue weighted by atomic mass is 9.97. The second-order valence-electron chi connectivity index (χ2n) is 5.93. The second kappa shape index (κ2) is 7.93. The van der Waals surface area contributed by atoms with Gasteiger partial charge >= 0.3 is 0 Å². The maximum Gasteiger partial charge on any atom is 0.252 e. The van der Waals surface area contributed by atoms with Crippen LogP contribution in [0.1, 0.15) is 41.8 Å². The van der Waals surface area contributed by atoms with E-state index in [9.17, 15) is 4.79 Å². The number of benzene rings is 1. The fraction of sp³-hybridized carbons (Fsp3) is 0.368. The number of carbonyl (C=O) groups is 1. The molecule has 0 spiro atoms. The van der Waals surface area contributed by atoms with Gasteiger partial charge in [0.05, 0.1) is 11.7 Å². The summed E-state index contributed by atoms with van der Waals surface area (Å²) in [6.07, 6.45) is 3.58. The number of anilines is 1. The summed E-state index contributed by atoms with van der Waals surface area (Å²) in [5, 5.41) is 6.23. The lowest BCUT2D eigenvalue weighted by molar-refractivity contribution is 0.00974. The average Bonchev–Trinajstić information content (AvgIpc) is 2.63. The highest BCUT2D eigenvalue weighted by molar-refractivity contribution is 5.93. The molecule has 1 aromatic carbocycles. The molecule has 5 nitrogen and oxygen atoms in total. The summed E-state index contributed by atoms with van der Waals surface area (Å²) < 4.78 is 5.90. The Morgan fingerprint density at radius 1 is 1.25 bits per heavy atom. The predicted molar refractivity (Wildman–Crippen MR) is 94.0 cm³/mol. The van der Waals surface area contributed by atoms with Crippen LogP contribution in [0.5, 0.6) is 0 Å². The van der Waals surface area contributed by atoms with E-state index in [-0.39, 0.29) is 12.0 Å². The Morgan fingerprint density at radius 3 is 2.79 bits per heavy atom. The Kier molecular flexibility index (Phi) is 5.43. The van der Waals surface area contributed by atoms with Crippen LogP contribution >= 0.6 is 0 Å². The molecule has 24 heavy (non-hydrogen) atoms. The summed E-state index contributed by atoms with van der Waals surface area (Å²) in [6, 6.07) is 14.3. The number of ether oxygens (including phenoxy) is 1. The molecule has 0 radical (unpaired) electrons. The standard InChI is InChI=1S/C19H23N3O2/c1-2-20-19(23)15-8-9-18(21-13-15)22-16-10-11-24-17(12-16)14-6-4-3-5-7-14/h3-9,13,16-17H,2,10-12H2,1H3,(H,20,23)(H,21,22). The molecule has 2 N–H and O–H groups in total. The molecule has 5 heteroatoms. The number of nitrogens with zero attached hydrogens (tertiary/aromatic N) is 1. The molecular weight excluding hydrogens is 302 g/mol. The second-order valence-corrected chi connectivity index (χ2v) is 5.93. The first kappa shape index (κ1) is 16.5. The van der Waals surface area contributed by atoms with Crippen molar-refractivity contribution < 1.29 is 9.53 Å². The summed E-state index contributed by atoms with van der Waals surface area (Å²) >= 11 is 0. The SMILES string of the molecule is CCNC(=O)c1ccc(NC2CCOC(c3ccccc3)C2)nc1. The van der Waals surface area contributed by atoms with Gasteiger partial charge < -0.3 is 15.4 Å². The Morgan fingerprint density at radius 2 is 2.08 bits per heavy atom. The number of aromatic nitrogens is 1. The van der Waals surface area contributed by atoms with Crippen molar-refractivity contribution in [2.24, 2.45) is 0 Å². The Labute approximate surface area is 142 Å². The first-order chi connectivity index (χ1) is 11.8. The van der Waals surface area contributed by atoms with Crippen molar-refractivity contribution in [3.05, 3.63) is 59.8 Å². The normalized spacial score (nSPS) is 20.4. The van der Waals surface area contributed by atoms with E-state index < -0.39 is 0 Å². The van der Waals surface area contributed by atoms with E-state index >= 15 is 0 Å². The van der Waals surface area contributed by atoms with Gasteiger partial charge in [0.1, 0.15) is 5.82 Å². The van der Waals surface area contributed by atoms with Gasteiger partial charge in [-0.3, -0.25) is 4.79 Å². The number of amides is 1. The molecule has 2 heterocycles. The largest absolute Gasteiger partial charge is 0.373 e. The van der Waals surface area contributed by atoms with Crippen molar-refractivity contribution in [1.29, 1.82) is 0 Å². The van der Waals surface area contributed by atoms with E-state index in [1.54, 1.807) is 12.3 Å². The third kappa shape index (κ3) is 4.11. The minimum absolute atomic E-state index is 0.0910. The number of hydrogen-bond acceptors (Lipinski definition) is 4. The summed E-state index contributed by atoms with van der Waals surface area (Å²) in [5.41, 5.74) is 1.79. The fourth-order valence-corrected chi connectivity index (χ4v) is 2.91. The van der Waals surface area contributed by atoms with Gasteiger partial charge in [0.15, 0.2) is 0 Å². The maximum absolute atomic E-state index is 11.8. The Hall–Kier alpha value is -2.40. The van der Waals surface area contributed by atoms with Gasteiger partial charge in [-0.2, -0.15) is 0 Å². The highest BCUT2D eigenvalue weighted by atomic mass is 16.5. The van der Waals surface area contributed by atoms with Crippen LogP contribution in [0.3, 0.4) is 0 Å². The molecular formula is C19H23N3O2. The van der Waals surface area contributed by atoms with Crippen molar-refractivity contribution >= 4 is 11.7 Å². The van der Waals surface area contributed by atoms with Crippen molar-refractivity contribution in [3.8, 4) is 0 Å². The highest BCUT2D eigenvalue weighted by Crippen LogP contribution is 2.29. The molecule has 1 fully saturated rings. The molecule has 0 saturated carbocycles. The summed E-state index contributed by atoms with van der Waals surface area (Å²) in [7, 11) is 0. The number of nitrogens with one attached hydrogen (secondary N) is 2. The quantitative estimate of drug-likeness (QED) is 0.886. The lowest BCUT2D eigenvalue weighted by Gasteiger charge is -2.30. The minimum Gasteiger partial charge on any atom is -0.373 e. The molecule has 2 atom stereocenters. The van der Waals surface area contributed by atoms with E-state index in [0.717, 1.165) is 25.3 Å². The summed E-state index contributed by atoms with van der Waals surface area (Å²) in [5.74, 6) is 0.702. The smallest absolute Gasteiger partial charge is 0.252 e. The summed E-state index contributed by atoms with van der Waals surface area (Å²) in [4.78, 5) is 16.1. The molecule has 3 rings (SSSR count). The van der Waals surface area contributed by atoms with Crippen molar-refractivity contribution in [2.75, 3.05) is 18.5 Å². The van der Waals surface area contributed by atoms with Crippen LogP contribution in [-0.2, 0) is 4.74 Å². The monoisotopic (exact) mass is 325 g/mol. The van der Waals surface area contributed by atoms with Gasteiger partial charge in [-0.25, -0.2) is 4.98 Å². The number of rotatable bonds is 5. The number of hydrogen-bond donors (Lipinski definition) is 2. The highest BCUT2D eigenvalue weighted by Gasteiger charge is 2.24. The molecule has 1 amide bonds. The number of carbonyl (C=O) groups excluding carboxylic acids is 1. The molecule has 0 bridgehead atoms. The zero-order valence-electron chi connectivity index (χ0n) is 13.9. The molecule has 2 aromatic rings. The predicted octanol–water partition coefficient (Wildman–Crippen LogP) is 3.16. The third-order valence-corrected chi connectivity index (χ3v) is 4.17. The van der Waals surface area contributed by atoms with Crippen LogP contribution in [0, 0.1) is 0 Å². The van der Waals surface area contributed by atoms with E-state index in [1.165, 1.54) is 5.56 Å². The van der Waals surface area contributed by atoms with Crippen molar-refractivity contribution in [2.45, 2.75) is 31.9 Å². The topological polar surface area (TPSA) is 63.2 Å². The van der Waals surface area contributed by atoms with Gasteiger partial charge in [0, 0.05) is 25.4 Å². The molecule has 0 aliphatic carbocycles. The van der Waals surface area contributed by atoms with Crippen LogP contribution in [0.15, 0.2) is 48.7 Å². The van der Waals surface area contributed by atoms with Crippen LogP contribution in [0.25, 0.3) is 0 Å². The van der Waals surface area contributed by atoms with Crippen LogP contribution in [0.2, 0.25) is 0 Å². The van der Waals surface area contributed by atoms with Crippen molar-refractivity contribution in [3.63, 3.8) is 0 Å². The zero-order valence-corrected chi connectivity index (χ0v) is 13.9. The van der Waals surface area contributed by atoms with Crippen molar-refractivity contribution in [1.82, 2.24) is 10.3 Å². The third-order valence-electron chi connectivity index (χ3n) is 4.17. The van der Waals surface area contributed by atoms with Gasteiger partial charge in [-0.05, 0) is 37.5 Å². The van der Waals surface area contributed by atoms with Crippen LogP contribution in [-0.4, -0.2) is 30.1 Å². The van der Waals surface area contributed by atoms with Gasteiger partial charge in [0.25, 0.3) is 5.91 Å². The molecule has 2 unspecified atom stereocenters. The van der Waals surface area contributed by atoms with E-state index in [2.05, 4.69) is 27.8 Å². The van der Waals surface area contributed by atoms with Gasteiger partial charge in [-0.15, -0.1) is 0 Å². The summed E-state index contributed by atoms with van der Waals surface area (Å²) in [6.45, 7) is 3.24. The van der Waals surface area contributed by atoms with E-state index in [4.69, 9.17) is 4.74 Å². The first-order valence-corrected chi connectivity index (χ1v) is 8.43. The molecule has 1 saturated heterocycles. The zero-order chi connectivity index (χ0) is 16.8. The Bertz CT molecular complexity index is 658. The van der Waals surface area contributed by atoms with Crippen LogP contribution in [0.4, 0.5) is 5.82 Å². The first-order valence-electron chi connectivity index (χ1n) is 8.43. The molecule has 126 valence electrons.